The molecule has 0 aromatic heterocycles. The van der Waals surface area contributed by atoms with Crippen molar-refractivity contribution in [1.29, 1.82) is 0 Å². The molecule has 4 aliphatic carbocycles. The molecule has 10 atom stereocenters. The number of hydrogen-bond donors (Lipinski definition) is 3. The first-order valence-electron chi connectivity index (χ1n) is 16.9. The van der Waals surface area contributed by atoms with E-state index in [2.05, 4.69) is 19.2 Å². The summed E-state index contributed by atoms with van der Waals surface area (Å²) in [6.45, 7) is 6.60. The van der Waals surface area contributed by atoms with Gasteiger partial charge in [-0.15, -0.1) is 11.8 Å². The lowest BCUT2D eigenvalue weighted by molar-refractivity contribution is -0.235. The zero-order valence-corrected chi connectivity index (χ0v) is 29.5. The van der Waals surface area contributed by atoms with Crippen molar-refractivity contribution in [3.8, 4) is 0 Å². The Kier molecular flexibility index (Phi) is 8.72. The highest BCUT2D eigenvalue weighted by atomic mass is 35.5. The molecule has 1 aliphatic heterocycles. The van der Waals surface area contributed by atoms with Crippen LogP contribution in [0.4, 0.5) is 14.5 Å². The fourth-order valence-corrected chi connectivity index (χ4v) is 10.9. The van der Waals surface area contributed by atoms with Crippen LogP contribution in [0.2, 0.25) is 5.02 Å². The van der Waals surface area contributed by atoms with Gasteiger partial charge in [0.1, 0.15) is 12.8 Å². The fourth-order valence-electron chi connectivity index (χ4n) is 9.67. The highest BCUT2D eigenvalue weighted by molar-refractivity contribution is 7.98. The monoisotopic (exact) mass is 713 g/mol. The summed E-state index contributed by atoms with van der Waals surface area (Å²) in [5.41, 5.74) is -4.03. The number of rotatable bonds is 8. The van der Waals surface area contributed by atoms with Crippen molar-refractivity contribution in [2.45, 2.75) is 99.6 Å². The predicted molar refractivity (Wildman–Crippen MR) is 184 cm³/mol. The first-order chi connectivity index (χ1) is 23.2. The number of carbonyl (C=O) groups excluding carboxylic acids is 2. The van der Waals surface area contributed by atoms with E-state index in [9.17, 15) is 19.8 Å². The fraction of sp³-hybridized carbons (Fsp3) is 0.526. The van der Waals surface area contributed by atoms with Crippen LogP contribution >= 0.6 is 23.4 Å². The molecule has 1 saturated heterocycles. The van der Waals surface area contributed by atoms with E-state index in [1.807, 2.05) is 42.5 Å². The molecule has 262 valence electrons. The second kappa shape index (κ2) is 12.3. The number of alkyl halides is 2. The first kappa shape index (κ1) is 34.8. The number of halogens is 3. The summed E-state index contributed by atoms with van der Waals surface area (Å²) >= 11 is 8.12. The number of nitrogens with one attached hydrogen (secondary N) is 1. The van der Waals surface area contributed by atoms with Gasteiger partial charge in [0.05, 0.1) is 22.9 Å². The molecular weight excluding hydrogens is 672 g/mol. The van der Waals surface area contributed by atoms with Crippen LogP contribution in [0.3, 0.4) is 0 Å². The van der Waals surface area contributed by atoms with E-state index in [-0.39, 0.29) is 30.9 Å². The number of carbonyl (C=O) groups is 2. The van der Waals surface area contributed by atoms with Crippen LogP contribution in [-0.4, -0.2) is 64.1 Å². The number of ketones is 2. The quantitative estimate of drug-likeness (QED) is 0.249. The van der Waals surface area contributed by atoms with Gasteiger partial charge in [0.15, 0.2) is 29.1 Å². The number of anilines is 1. The van der Waals surface area contributed by atoms with Gasteiger partial charge >= 0.3 is 0 Å². The third-order valence-corrected chi connectivity index (χ3v) is 13.3. The highest BCUT2D eigenvalue weighted by Crippen LogP contribution is 2.72. The largest absolute Gasteiger partial charge is 0.390 e. The minimum atomic E-state index is -2.30. The molecule has 5 aliphatic rings. The predicted octanol–water partition coefficient (Wildman–Crippen LogP) is 7.10. The molecule has 11 heteroatoms. The number of Topliss-reactive ketones (excluding diaryl/α,β-unsaturated/α-hetero) is 1. The van der Waals surface area contributed by atoms with Crippen LogP contribution in [0.15, 0.2) is 71.2 Å². The zero-order valence-electron chi connectivity index (χ0n) is 27.9. The van der Waals surface area contributed by atoms with Crippen molar-refractivity contribution in [1.82, 2.24) is 0 Å². The van der Waals surface area contributed by atoms with Gasteiger partial charge in [0, 0.05) is 39.0 Å². The standard InChI is InChI=1S/C38H42ClF2NO6S/c1-20(2)42-30-10-9-24(14-28(30)39)49-19-21-5-7-22(8-6-21)34-47-33-16-25-26-15-29(40)27-13-23(44)11-12-35(27,3)37(26,41)31(45)17-36(25,4)38(33,48-34)32(46)18-43/h5-14,20,25-26,29,31,33-34,42-43,45H,15-19H2,1-4H3/t25-,26-,29-,31-,33+,34-,35-,36-,37-,38+/m0/s1. The number of thioether (sulfide) groups is 1. The van der Waals surface area contributed by atoms with Crippen LogP contribution < -0.4 is 5.32 Å². The SMILES string of the molecule is CC(C)Nc1ccc(SCc2ccc([C@H]3O[C@@H]4C[C@H]5[C@@H]6C[C@H](F)C7=CC(=O)C=C[C@]7(C)[C@@]6(F)[C@@H](O)C[C@]5(C)[C@]4(C(=O)CO)O3)cc2)cc1Cl. The summed E-state index contributed by atoms with van der Waals surface area (Å²) < 4.78 is 46.5. The summed E-state index contributed by atoms with van der Waals surface area (Å²) in [5, 5.41) is 25.9. The number of allylic oxidation sites excluding steroid dienone is 4. The second-order valence-electron chi connectivity index (χ2n) is 15.0. The lowest BCUT2D eigenvalue weighted by atomic mass is 9.44. The average Bonchev–Trinajstić information content (AvgIpc) is 3.56. The van der Waals surface area contributed by atoms with E-state index < -0.39 is 76.8 Å². The van der Waals surface area contributed by atoms with Gasteiger partial charge in [-0.2, -0.15) is 0 Å². The van der Waals surface area contributed by atoms with Crippen molar-refractivity contribution in [3.63, 3.8) is 0 Å². The molecule has 3 N–H and O–H groups in total. The summed E-state index contributed by atoms with van der Waals surface area (Å²) in [4.78, 5) is 27.0. The molecule has 2 aromatic carbocycles. The number of benzene rings is 2. The number of ether oxygens (including phenoxy) is 2. The summed E-state index contributed by atoms with van der Waals surface area (Å²) in [5.74, 6) is -1.93. The summed E-state index contributed by atoms with van der Waals surface area (Å²) in [7, 11) is 0. The molecule has 4 fully saturated rings. The maximum absolute atomic E-state index is 17.6. The van der Waals surface area contributed by atoms with Gasteiger partial charge in [0.2, 0.25) is 0 Å². The molecule has 0 spiro atoms. The molecule has 3 saturated carbocycles. The van der Waals surface area contributed by atoms with Gasteiger partial charge in [0.25, 0.3) is 0 Å². The van der Waals surface area contributed by atoms with Crippen LogP contribution in [0.25, 0.3) is 0 Å². The van der Waals surface area contributed by atoms with E-state index in [0.29, 0.717) is 16.3 Å². The average molecular weight is 714 g/mol. The number of aliphatic hydroxyl groups excluding tert-OH is 2. The van der Waals surface area contributed by atoms with E-state index >= 15 is 8.78 Å². The lowest BCUT2D eigenvalue weighted by Crippen LogP contribution is -2.70. The molecular formula is C38H42ClF2NO6S. The maximum Gasteiger partial charge on any atom is 0.193 e. The minimum absolute atomic E-state index is 0.0378. The maximum atomic E-state index is 17.6. The Hall–Kier alpha value is -2.60. The lowest BCUT2D eigenvalue weighted by Gasteiger charge is -2.63. The number of aliphatic hydroxyl groups is 2. The zero-order chi connectivity index (χ0) is 35.1. The van der Waals surface area contributed by atoms with Crippen LogP contribution in [0.1, 0.15) is 64.4 Å². The Morgan fingerprint density at radius 2 is 1.88 bits per heavy atom. The number of hydrogen-bond acceptors (Lipinski definition) is 8. The van der Waals surface area contributed by atoms with Gasteiger partial charge in [-0.1, -0.05) is 48.9 Å². The van der Waals surface area contributed by atoms with Crippen molar-refractivity contribution in [3.05, 3.63) is 82.4 Å². The van der Waals surface area contributed by atoms with E-state index in [0.717, 1.165) is 22.2 Å². The molecule has 2 aromatic rings. The Labute approximate surface area is 294 Å². The topological polar surface area (TPSA) is 105 Å². The van der Waals surface area contributed by atoms with Crippen molar-refractivity contribution in [2.24, 2.45) is 22.7 Å². The van der Waals surface area contributed by atoms with Crippen molar-refractivity contribution in [2.75, 3.05) is 11.9 Å². The van der Waals surface area contributed by atoms with E-state index in [4.69, 9.17) is 21.1 Å². The molecule has 49 heavy (non-hydrogen) atoms. The van der Waals surface area contributed by atoms with Crippen LogP contribution in [0.5, 0.6) is 0 Å². The normalized spacial score (nSPS) is 39.2. The van der Waals surface area contributed by atoms with Gasteiger partial charge in [-0.05, 0) is 87.4 Å². The molecule has 7 nitrogen and oxygen atoms in total. The first-order valence-corrected chi connectivity index (χ1v) is 18.3. The minimum Gasteiger partial charge on any atom is -0.390 e. The molecule has 0 amide bonds. The summed E-state index contributed by atoms with van der Waals surface area (Å²) in [6, 6.07) is 13.9. The Morgan fingerprint density at radius 1 is 1.14 bits per heavy atom. The number of fused-ring (bicyclic) bond motifs is 7. The van der Waals surface area contributed by atoms with E-state index in [1.165, 1.54) is 19.1 Å². The second-order valence-corrected chi connectivity index (χ2v) is 16.4. The highest BCUT2D eigenvalue weighted by Gasteiger charge is 2.80. The molecule has 0 unspecified atom stereocenters. The Balaban J connectivity index is 1.12. The molecule has 1 heterocycles. The molecule has 7 rings (SSSR count). The smallest absolute Gasteiger partial charge is 0.193 e. The third-order valence-electron chi connectivity index (χ3n) is 12.0. The van der Waals surface area contributed by atoms with Crippen LogP contribution in [-0.2, 0) is 24.8 Å². The van der Waals surface area contributed by atoms with Gasteiger partial charge in [-0.25, -0.2) is 8.78 Å². The third kappa shape index (κ3) is 5.11. The van der Waals surface area contributed by atoms with Crippen LogP contribution in [0, 0.1) is 22.7 Å². The molecule has 0 bridgehead atoms. The van der Waals surface area contributed by atoms with Crippen molar-refractivity contribution < 1.29 is 38.1 Å². The summed E-state index contributed by atoms with van der Waals surface area (Å²) in [6.07, 6.45) is -1.43. The Morgan fingerprint density at radius 3 is 2.55 bits per heavy atom. The van der Waals surface area contributed by atoms with Gasteiger partial charge in [-0.3, -0.25) is 9.59 Å². The molecule has 0 radical (unpaired) electrons. The van der Waals surface area contributed by atoms with Gasteiger partial charge < -0.3 is 25.0 Å². The Bertz CT molecular complexity index is 1740. The van der Waals surface area contributed by atoms with Crippen molar-refractivity contribution >= 4 is 40.6 Å². The van der Waals surface area contributed by atoms with E-state index in [1.54, 1.807) is 18.7 Å².